The van der Waals surface area contributed by atoms with E-state index in [0.717, 1.165) is 25.7 Å². The molecule has 0 aromatic heterocycles. The fourth-order valence-corrected chi connectivity index (χ4v) is 2.95. The van der Waals surface area contributed by atoms with Gasteiger partial charge in [0.2, 0.25) is 5.91 Å². The van der Waals surface area contributed by atoms with Crippen LogP contribution < -0.4 is 11.1 Å². The van der Waals surface area contributed by atoms with Crippen molar-refractivity contribution in [2.75, 3.05) is 0 Å². The van der Waals surface area contributed by atoms with Crippen LogP contribution in [0.1, 0.15) is 72.6 Å². The molecule has 0 saturated heterocycles. The highest BCUT2D eigenvalue weighted by atomic mass is 16.1. The number of hydrogen-bond acceptors (Lipinski definition) is 2. The van der Waals surface area contributed by atoms with E-state index >= 15 is 0 Å². The quantitative estimate of drug-likeness (QED) is 0.777. The Hall–Kier alpha value is -0.570. The average Bonchev–Trinajstić information content (AvgIpc) is 2.31. The molecule has 1 saturated carbocycles. The first-order valence-electron chi connectivity index (χ1n) is 7.89. The molecule has 0 bridgehead atoms. The summed E-state index contributed by atoms with van der Waals surface area (Å²) >= 11 is 0. The van der Waals surface area contributed by atoms with Crippen LogP contribution in [0.2, 0.25) is 0 Å². The van der Waals surface area contributed by atoms with Crippen LogP contribution in [-0.4, -0.2) is 18.0 Å². The van der Waals surface area contributed by atoms with Crippen LogP contribution in [0.15, 0.2) is 0 Å². The predicted octanol–water partition coefficient (Wildman–Crippen LogP) is 3.23. The van der Waals surface area contributed by atoms with Crippen molar-refractivity contribution in [1.29, 1.82) is 0 Å². The molecule has 1 aliphatic rings. The molecule has 0 radical (unpaired) electrons. The van der Waals surface area contributed by atoms with E-state index in [9.17, 15) is 4.79 Å². The molecular weight excluding hydrogens is 236 g/mol. The molecule has 3 unspecified atom stereocenters. The zero-order valence-electron chi connectivity index (χ0n) is 13.2. The SMILES string of the molecule is CC(N)CCCC(C)C(=O)NC1CCCCC1(C)C. The molecule has 1 amide bonds. The number of carbonyl (C=O) groups excluding carboxylic acids is 1. The molecule has 0 aliphatic heterocycles. The lowest BCUT2D eigenvalue weighted by atomic mass is 9.73. The molecule has 0 aromatic rings. The zero-order valence-corrected chi connectivity index (χ0v) is 13.2. The number of amides is 1. The number of nitrogens with two attached hydrogens (primary N) is 1. The zero-order chi connectivity index (χ0) is 14.5. The summed E-state index contributed by atoms with van der Waals surface area (Å²) in [7, 11) is 0. The van der Waals surface area contributed by atoms with Crippen LogP contribution in [0.4, 0.5) is 0 Å². The maximum absolute atomic E-state index is 12.2. The van der Waals surface area contributed by atoms with Gasteiger partial charge < -0.3 is 11.1 Å². The summed E-state index contributed by atoms with van der Waals surface area (Å²) in [5.41, 5.74) is 5.99. The van der Waals surface area contributed by atoms with Gasteiger partial charge in [0.15, 0.2) is 0 Å². The molecule has 3 N–H and O–H groups in total. The van der Waals surface area contributed by atoms with E-state index in [0.29, 0.717) is 6.04 Å². The number of rotatable bonds is 6. The van der Waals surface area contributed by atoms with E-state index in [2.05, 4.69) is 19.2 Å². The van der Waals surface area contributed by atoms with Gasteiger partial charge in [-0.15, -0.1) is 0 Å². The third-order valence-electron chi connectivity index (χ3n) is 4.57. The molecule has 1 aliphatic carbocycles. The van der Waals surface area contributed by atoms with E-state index in [4.69, 9.17) is 5.73 Å². The van der Waals surface area contributed by atoms with Gasteiger partial charge >= 0.3 is 0 Å². The van der Waals surface area contributed by atoms with Crippen LogP contribution in [0.3, 0.4) is 0 Å². The Morgan fingerprint density at radius 1 is 1.32 bits per heavy atom. The van der Waals surface area contributed by atoms with Gasteiger partial charge in [-0.2, -0.15) is 0 Å². The van der Waals surface area contributed by atoms with Crippen LogP contribution in [0.25, 0.3) is 0 Å². The Morgan fingerprint density at radius 3 is 2.58 bits per heavy atom. The molecule has 3 heteroatoms. The van der Waals surface area contributed by atoms with Gasteiger partial charge in [-0.1, -0.05) is 40.0 Å². The van der Waals surface area contributed by atoms with Gasteiger partial charge in [0.25, 0.3) is 0 Å². The van der Waals surface area contributed by atoms with E-state index in [1.54, 1.807) is 0 Å². The molecular formula is C16H32N2O. The number of hydrogen-bond donors (Lipinski definition) is 2. The summed E-state index contributed by atoms with van der Waals surface area (Å²) < 4.78 is 0. The van der Waals surface area contributed by atoms with E-state index in [1.165, 1.54) is 19.3 Å². The summed E-state index contributed by atoms with van der Waals surface area (Å²) in [6.07, 6.45) is 7.88. The summed E-state index contributed by atoms with van der Waals surface area (Å²) in [5, 5.41) is 3.28. The van der Waals surface area contributed by atoms with Gasteiger partial charge in [0.1, 0.15) is 0 Å². The Bertz CT molecular complexity index is 286. The molecule has 0 aromatic carbocycles. The second-order valence-electron chi connectivity index (χ2n) is 7.10. The van der Waals surface area contributed by atoms with Gasteiger partial charge in [-0.05, 0) is 38.0 Å². The lowest BCUT2D eigenvalue weighted by Crippen LogP contribution is -2.48. The van der Waals surface area contributed by atoms with E-state index < -0.39 is 0 Å². The third-order valence-corrected chi connectivity index (χ3v) is 4.57. The molecule has 1 fully saturated rings. The monoisotopic (exact) mass is 268 g/mol. The number of carbonyl (C=O) groups is 1. The smallest absolute Gasteiger partial charge is 0.223 e. The summed E-state index contributed by atoms with van der Waals surface area (Å²) in [6.45, 7) is 8.61. The average molecular weight is 268 g/mol. The van der Waals surface area contributed by atoms with Crippen molar-refractivity contribution < 1.29 is 4.79 Å². The molecule has 3 nitrogen and oxygen atoms in total. The molecule has 112 valence electrons. The molecule has 3 atom stereocenters. The fraction of sp³-hybridized carbons (Fsp3) is 0.938. The van der Waals surface area contributed by atoms with Crippen molar-refractivity contribution in [3.05, 3.63) is 0 Å². The highest BCUT2D eigenvalue weighted by Gasteiger charge is 2.33. The van der Waals surface area contributed by atoms with Crippen LogP contribution in [0, 0.1) is 11.3 Å². The van der Waals surface area contributed by atoms with Crippen molar-refractivity contribution >= 4 is 5.91 Å². The summed E-state index contributed by atoms with van der Waals surface area (Å²) in [4.78, 5) is 12.2. The lowest BCUT2D eigenvalue weighted by molar-refractivity contribution is -0.126. The molecule has 1 rings (SSSR count). The Balaban J connectivity index is 2.36. The minimum atomic E-state index is 0.108. The van der Waals surface area contributed by atoms with Crippen molar-refractivity contribution in [3.63, 3.8) is 0 Å². The van der Waals surface area contributed by atoms with Crippen LogP contribution in [0.5, 0.6) is 0 Å². The molecule has 0 heterocycles. The highest BCUT2D eigenvalue weighted by molar-refractivity contribution is 5.78. The topological polar surface area (TPSA) is 55.1 Å². The van der Waals surface area contributed by atoms with E-state index in [-0.39, 0.29) is 23.3 Å². The first-order chi connectivity index (χ1) is 8.83. The maximum Gasteiger partial charge on any atom is 0.223 e. The minimum Gasteiger partial charge on any atom is -0.353 e. The Morgan fingerprint density at radius 2 is 2.00 bits per heavy atom. The normalized spacial score (nSPS) is 25.6. The van der Waals surface area contributed by atoms with Crippen LogP contribution in [-0.2, 0) is 4.79 Å². The second kappa shape index (κ2) is 7.28. The summed E-state index contributed by atoms with van der Waals surface area (Å²) in [5.74, 6) is 0.334. The van der Waals surface area contributed by atoms with Crippen LogP contribution >= 0.6 is 0 Å². The standard InChI is InChI=1S/C16H32N2O/c1-12(8-7-9-13(2)17)15(19)18-14-10-5-6-11-16(14,3)4/h12-14H,5-11,17H2,1-4H3,(H,18,19). The van der Waals surface area contributed by atoms with Gasteiger partial charge in [-0.3, -0.25) is 4.79 Å². The van der Waals surface area contributed by atoms with E-state index in [1.807, 2.05) is 13.8 Å². The van der Waals surface area contributed by atoms with Gasteiger partial charge in [0, 0.05) is 18.0 Å². The number of nitrogens with one attached hydrogen (secondary N) is 1. The van der Waals surface area contributed by atoms with Gasteiger partial charge in [-0.25, -0.2) is 0 Å². The maximum atomic E-state index is 12.2. The van der Waals surface area contributed by atoms with Crippen molar-refractivity contribution in [2.24, 2.45) is 17.1 Å². The summed E-state index contributed by atoms with van der Waals surface area (Å²) in [6, 6.07) is 0.595. The third kappa shape index (κ3) is 5.52. The van der Waals surface area contributed by atoms with Gasteiger partial charge in [0.05, 0.1) is 0 Å². The Kier molecular flexibility index (Phi) is 6.31. The highest BCUT2D eigenvalue weighted by Crippen LogP contribution is 2.35. The first-order valence-corrected chi connectivity index (χ1v) is 7.89. The molecule has 19 heavy (non-hydrogen) atoms. The van der Waals surface area contributed by atoms with Crippen molar-refractivity contribution in [1.82, 2.24) is 5.32 Å². The van der Waals surface area contributed by atoms with Crippen molar-refractivity contribution in [3.8, 4) is 0 Å². The first kappa shape index (κ1) is 16.5. The van der Waals surface area contributed by atoms with Crippen molar-refractivity contribution in [2.45, 2.75) is 84.7 Å². The second-order valence-corrected chi connectivity index (χ2v) is 7.10. The largest absolute Gasteiger partial charge is 0.353 e. The predicted molar refractivity (Wildman–Crippen MR) is 80.8 cm³/mol. The Labute approximate surface area is 118 Å². The molecule has 0 spiro atoms. The lowest BCUT2D eigenvalue weighted by Gasteiger charge is -2.39. The minimum absolute atomic E-state index is 0.108. The fourth-order valence-electron chi connectivity index (χ4n) is 2.95.